The van der Waals surface area contributed by atoms with Crippen molar-refractivity contribution in [2.45, 2.75) is 16.9 Å². The lowest BCUT2D eigenvalue weighted by Crippen LogP contribution is -2.12. The van der Waals surface area contributed by atoms with Gasteiger partial charge in [-0.15, -0.1) is 0 Å². The third-order valence-corrected chi connectivity index (χ3v) is 3.23. The Morgan fingerprint density at radius 2 is 2.05 bits per heavy atom. The first-order valence-electron chi connectivity index (χ1n) is 5.46. The summed E-state index contributed by atoms with van der Waals surface area (Å²) >= 11 is 7.30. The van der Waals surface area contributed by atoms with Gasteiger partial charge in [-0.05, 0) is 36.4 Å². The van der Waals surface area contributed by atoms with Crippen molar-refractivity contribution in [3.63, 3.8) is 0 Å². The van der Waals surface area contributed by atoms with Crippen molar-refractivity contribution in [2.75, 3.05) is 0 Å². The molecule has 0 atom stereocenters. The van der Waals surface area contributed by atoms with Crippen LogP contribution >= 0.6 is 23.4 Å². The number of hydrogen-bond acceptors (Lipinski definition) is 4. The molecule has 4 nitrogen and oxygen atoms in total. The second kappa shape index (κ2) is 6.45. The summed E-state index contributed by atoms with van der Waals surface area (Å²) in [6, 6.07) is 11.1. The topological polar surface area (TPSA) is 54.6 Å². The number of hydrogen-bond donors (Lipinski definition) is 1. The van der Waals surface area contributed by atoms with Gasteiger partial charge >= 0.3 is 0 Å². The van der Waals surface area contributed by atoms with E-state index in [1.807, 2.05) is 30.3 Å². The summed E-state index contributed by atoms with van der Waals surface area (Å²) in [4.78, 5) is 11.7. The monoisotopic (exact) mass is 294 g/mol. The van der Waals surface area contributed by atoms with Crippen LogP contribution in [0.15, 0.2) is 55.9 Å². The van der Waals surface area contributed by atoms with E-state index < -0.39 is 0 Å². The number of rotatable bonds is 4. The number of carbonyl (C=O) groups is 1. The second-order valence-corrected chi connectivity index (χ2v) is 5.15. The van der Waals surface area contributed by atoms with Gasteiger partial charge < -0.3 is 4.42 Å². The molecular formula is C13H11ClN2O2S. The van der Waals surface area contributed by atoms with Gasteiger partial charge in [-0.1, -0.05) is 23.4 Å². The molecular weight excluding hydrogens is 284 g/mol. The summed E-state index contributed by atoms with van der Waals surface area (Å²) in [5.74, 6) is 0.351. The maximum Gasteiger partial charge on any atom is 0.236 e. The van der Waals surface area contributed by atoms with Crippen molar-refractivity contribution in [1.82, 2.24) is 5.43 Å². The molecule has 1 aromatic carbocycles. The van der Waals surface area contributed by atoms with Crippen LogP contribution in [0.5, 0.6) is 0 Å². The molecule has 0 radical (unpaired) electrons. The van der Waals surface area contributed by atoms with E-state index in [-0.39, 0.29) is 5.91 Å². The molecule has 1 amide bonds. The number of carbonyl (C=O) groups excluding carboxylic acids is 1. The van der Waals surface area contributed by atoms with Gasteiger partial charge in [-0.3, -0.25) is 4.79 Å². The van der Waals surface area contributed by atoms with E-state index in [4.69, 9.17) is 16.0 Å². The van der Waals surface area contributed by atoms with Crippen LogP contribution in [0.25, 0.3) is 0 Å². The summed E-state index contributed by atoms with van der Waals surface area (Å²) in [7, 11) is 0. The first-order chi connectivity index (χ1) is 9.13. The van der Waals surface area contributed by atoms with Gasteiger partial charge in [0.15, 0.2) is 5.09 Å². The van der Waals surface area contributed by atoms with Crippen LogP contribution in [0.2, 0.25) is 5.02 Å². The maximum atomic E-state index is 10.6. The SMILES string of the molecule is CC(=O)N/N=C/c1ccc(Sc2ccc(Cl)cc2)o1. The highest BCUT2D eigenvalue weighted by Crippen LogP contribution is 2.29. The molecule has 2 aromatic rings. The molecule has 0 unspecified atom stereocenters. The molecule has 1 aromatic heterocycles. The van der Waals surface area contributed by atoms with Crippen LogP contribution in [-0.2, 0) is 4.79 Å². The number of nitrogens with one attached hydrogen (secondary N) is 1. The van der Waals surface area contributed by atoms with Gasteiger partial charge in [-0.25, -0.2) is 5.43 Å². The average molecular weight is 295 g/mol. The zero-order chi connectivity index (χ0) is 13.7. The van der Waals surface area contributed by atoms with Crippen molar-refractivity contribution in [3.05, 3.63) is 47.2 Å². The first-order valence-corrected chi connectivity index (χ1v) is 6.66. The predicted molar refractivity (Wildman–Crippen MR) is 75.7 cm³/mol. The Balaban J connectivity index is 1.99. The average Bonchev–Trinajstić information content (AvgIpc) is 2.79. The number of halogens is 1. The summed E-state index contributed by atoms with van der Waals surface area (Å²) < 4.78 is 5.53. The number of amides is 1. The molecule has 0 fully saturated rings. The van der Waals surface area contributed by atoms with Crippen LogP contribution in [0, 0.1) is 0 Å². The number of benzene rings is 1. The molecule has 2 rings (SSSR count). The van der Waals surface area contributed by atoms with Crippen LogP contribution in [0.1, 0.15) is 12.7 Å². The van der Waals surface area contributed by atoms with Crippen molar-refractivity contribution in [1.29, 1.82) is 0 Å². The Kier molecular flexibility index (Phi) is 4.65. The molecule has 0 saturated carbocycles. The van der Waals surface area contributed by atoms with Gasteiger partial charge in [0.05, 0.1) is 6.21 Å². The maximum absolute atomic E-state index is 10.6. The van der Waals surface area contributed by atoms with Crippen LogP contribution in [0.3, 0.4) is 0 Å². The second-order valence-electron chi connectivity index (χ2n) is 3.64. The van der Waals surface area contributed by atoms with E-state index in [9.17, 15) is 4.79 Å². The normalized spacial score (nSPS) is 10.8. The van der Waals surface area contributed by atoms with E-state index in [2.05, 4.69) is 10.5 Å². The minimum Gasteiger partial charge on any atom is -0.448 e. The quantitative estimate of drug-likeness (QED) is 0.693. The minimum atomic E-state index is -0.224. The Bertz CT molecular complexity index is 593. The van der Waals surface area contributed by atoms with Gasteiger partial charge in [0.25, 0.3) is 0 Å². The van der Waals surface area contributed by atoms with Gasteiger partial charge in [-0.2, -0.15) is 5.10 Å². The van der Waals surface area contributed by atoms with E-state index in [1.54, 1.807) is 6.07 Å². The highest BCUT2D eigenvalue weighted by molar-refractivity contribution is 7.99. The van der Waals surface area contributed by atoms with E-state index in [1.165, 1.54) is 24.9 Å². The standard InChI is InChI=1S/C13H11ClN2O2S/c1-9(17)16-15-8-11-4-7-13(18-11)19-12-5-2-10(14)3-6-12/h2-8H,1H3,(H,16,17)/b15-8+. The van der Waals surface area contributed by atoms with Crippen molar-refractivity contribution in [3.8, 4) is 0 Å². The number of hydrazone groups is 1. The van der Waals surface area contributed by atoms with Gasteiger partial charge in [0, 0.05) is 16.8 Å². The molecule has 98 valence electrons. The summed E-state index contributed by atoms with van der Waals surface area (Å²) in [5, 5.41) is 5.17. The number of furan rings is 1. The fourth-order valence-corrected chi connectivity index (χ4v) is 2.17. The Morgan fingerprint density at radius 1 is 1.32 bits per heavy atom. The highest BCUT2D eigenvalue weighted by atomic mass is 35.5. The summed E-state index contributed by atoms with van der Waals surface area (Å²) in [6.45, 7) is 1.39. The fraction of sp³-hybridized carbons (Fsp3) is 0.0769. The zero-order valence-corrected chi connectivity index (χ0v) is 11.7. The Morgan fingerprint density at radius 3 is 2.74 bits per heavy atom. The molecule has 0 bridgehead atoms. The fourth-order valence-electron chi connectivity index (χ4n) is 1.26. The zero-order valence-electron chi connectivity index (χ0n) is 10.1. The number of nitrogens with zero attached hydrogens (tertiary/aromatic N) is 1. The third kappa shape index (κ3) is 4.46. The lowest BCUT2D eigenvalue weighted by atomic mass is 10.4. The summed E-state index contributed by atoms with van der Waals surface area (Å²) in [5.41, 5.74) is 2.31. The van der Waals surface area contributed by atoms with E-state index in [0.29, 0.717) is 10.8 Å². The Hall–Kier alpha value is -1.72. The van der Waals surface area contributed by atoms with Crippen LogP contribution < -0.4 is 5.43 Å². The molecule has 0 aliphatic carbocycles. The first kappa shape index (κ1) is 13.7. The van der Waals surface area contributed by atoms with Crippen LogP contribution in [0.4, 0.5) is 0 Å². The molecule has 1 N–H and O–H groups in total. The smallest absolute Gasteiger partial charge is 0.236 e. The molecule has 0 saturated heterocycles. The molecule has 19 heavy (non-hydrogen) atoms. The van der Waals surface area contributed by atoms with Gasteiger partial charge in [0.2, 0.25) is 5.91 Å². The predicted octanol–water partition coefficient (Wildman–Crippen LogP) is 3.55. The van der Waals surface area contributed by atoms with Crippen molar-refractivity contribution < 1.29 is 9.21 Å². The Labute approximate surface area is 119 Å². The molecule has 0 spiro atoms. The minimum absolute atomic E-state index is 0.224. The lowest BCUT2D eigenvalue weighted by molar-refractivity contribution is -0.118. The lowest BCUT2D eigenvalue weighted by Gasteiger charge is -1.97. The molecule has 1 heterocycles. The van der Waals surface area contributed by atoms with Gasteiger partial charge in [0.1, 0.15) is 5.76 Å². The highest BCUT2D eigenvalue weighted by Gasteiger charge is 2.03. The van der Waals surface area contributed by atoms with E-state index >= 15 is 0 Å². The summed E-state index contributed by atoms with van der Waals surface area (Å²) in [6.07, 6.45) is 1.45. The largest absolute Gasteiger partial charge is 0.448 e. The van der Waals surface area contributed by atoms with Crippen molar-refractivity contribution >= 4 is 35.5 Å². The van der Waals surface area contributed by atoms with Crippen LogP contribution in [-0.4, -0.2) is 12.1 Å². The van der Waals surface area contributed by atoms with E-state index in [0.717, 1.165) is 9.99 Å². The molecule has 6 heteroatoms. The third-order valence-electron chi connectivity index (χ3n) is 2.05. The molecule has 0 aliphatic heterocycles. The van der Waals surface area contributed by atoms with Crippen molar-refractivity contribution in [2.24, 2.45) is 5.10 Å². The molecule has 0 aliphatic rings.